The Hall–Kier alpha value is -0.390. The summed E-state index contributed by atoms with van der Waals surface area (Å²) in [4.78, 5) is 12.8. The lowest BCUT2D eigenvalue weighted by molar-refractivity contribution is -0.120. The first-order chi connectivity index (χ1) is 8.24. The fourth-order valence-corrected chi connectivity index (χ4v) is 3.53. The van der Waals surface area contributed by atoms with Gasteiger partial charge in [0, 0.05) is 11.4 Å². The van der Waals surface area contributed by atoms with Crippen LogP contribution in [0.1, 0.15) is 17.7 Å². The molecule has 0 radical (unpaired) electrons. The van der Waals surface area contributed by atoms with Crippen LogP contribution in [-0.4, -0.2) is 25.5 Å². The highest BCUT2D eigenvalue weighted by Gasteiger charge is 2.14. The Morgan fingerprint density at radius 2 is 2.47 bits per heavy atom. The second kappa shape index (κ2) is 6.52. The van der Waals surface area contributed by atoms with Crippen LogP contribution in [0.4, 0.5) is 0 Å². The summed E-state index contributed by atoms with van der Waals surface area (Å²) >= 11 is 5.02. The minimum Gasteiger partial charge on any atom is -0.356 e. The molecule has 2 N–H and O–H groups in total. The highest BCUT2D eigenvalue weighted by Crippen LogP contribution is 2.22. The van der Waals surface area contributed by atoms with Crippen molar-refractivity contribution in [2.75, 3.05) is 19.6 Å². The molecule has 1 amide bonds. The van der Waals surface area contributed by atoms with Gasteiger partial charge in [-0.1, -0.05) is 0 Å². The standard InChI is InChI=1S/C12H17BrN2OS/c13-11-2-1-10(17-11)7-12(16)15-6-4-9-3-5-14-8-9/h1-2,9,14H,3-8H2,(H,15,16). The molecular weight excluding hydrogens is 300 g/mol. The van der Waals surface area contributed by atoms with Crippen LogP contribution in [-0.2, 0) is 11.2 Å². The SMILES string of the molecule is O=C(Cc1ccc(Br)s1)NCCC1CCNC1. The highest BCUT2D eigenvalue weighted by molar-refractivity contribution is 9.11. The summed E-state index contributed by atoms with van der Waals surface area (Å²) in [5.74, 6) is 0.872. The average molecular weight is 317 g/mol. The van der Waals surface area contributed by atoms with E-state index in [0.717, 1.165) is 40.6 Å². The van der Waals surface area contributed by atoms with Gasteiger partial charge in [0.1, 0.15) is 0 Å². The van der Waals surface area contributed by atoms with Gasteiger partial charge in [0.2, 0.25) is 5.91 Å². The zero-order valence-electron chi connectivity index (χ0n) is 9.67. The van der Waals surface area contributed by atoms with Gasteiger partial charge in [0.05, 0.1) is 10.2 Å². The lowest BCUT2D eigenvalue weighted by Gasteiger charge is -2.08. The molecule has 1 aromatic heterocycles. The van der Waals surface area contributed by atoms with Crippen LogP contribution in [0.25, 0.3) is 0 Å². The molecule has 0 aliphatic carbocycles. The van der Waals surface area contributed by atoms with E-state index in [1.165, 1.54) is 6.42 Å². The van der Waals surface area contributed by atoms with Crippen molar-refractivity contribution < 1.29 is 4.79 Å². The highest BCUT2D eigenvalue weighted by atomic mass is 79.9. The van der Waals surface area contributed by atoms with Gasteiger partial charge in [-0.15, -0.1) is 11.3 Å². The zero-order valence-corrected chi connectivity index (χ0v) is 12.1. The van der Waals surface area contributed by atoms with E-state index in [-0.39, 0.29) is 5.91 Å². The third-order valence-electron chi connectivity index (χ3n) is 3.00. The summed E-state index contributed by atoms with van der Waals surface area (Å²) in [6.07, 6.45) is 2.83. The summed E-state index contributed by atoms with van der Waals surface area (Å²) in [6, 6.07) is 3.98. The topological polar surface area (TPSA) is 41.1 Å². The minimum atomic E-state index is 0.130. The van der Waals surface area contributed by atoms with Gasteiger partial charge >= 0.3 is 0 Å². The number of carbonyl (C=O) groups excluding carboxylic acids is 1. The number of rotatable bonds is 5. The second-order valence-electron chi connectivity index (χ2n) is 4.38. The van der Waals surface area contributed by atoms with Gasteiger partial charge in [0.15, 0.2) is 0 Å². The van der Waals surface area contributed by atoms with Crippen LogP contribution in [0.15, 0.2) is 15.9 Å². The molecule has 2 heterocycles. The molecular formula is C12H17BrN2OS. The lowest BCUT2D eigenvalue weighted by atomic mass is 10.1. The smallest absolute Gasteiger partial charge is 0.225 e. The monoisotopic (exact) mass is 316 g/mol. The Bertz CT molecular complexity index is 374. The number of hydrogen-bond acceptors (Lipinski definition) is 3. The van der Waals surface area contributed by atoms with E-state index in [2.05, 4.69) is 26.6 Å². The molecule has 1 aliphatic heterocycles. The Labute approximate surface area is 114 Å². The Balaban J connectivity index is 1.63. The van der Waals surface area contributed by atoms with Crippen LogP contribution in [0.2, 0.25) is 0 Å². The molecule has 1 aliphatic rings. The number of thiophene rings is 1. The zero-order chi connectivity index (χ0) is 12.1. The van der Waals surface area contributed by atoms with Gasteiger partial charge < -0.3 is 10.6 Å². The summed E-state index contributed by atoms with van der Waals surface area (Å²) in [5, 5.41) is 6.33. The fourth-order valence-electron chi connectivity index (χ4n) is 2.04. The maximum Gasteiger partial charge on any atom is 0.225 e. The molecule has 0 saturated carbocycles. The first-order valence-electron chi connectivity index (χ1n) is 5.95. The predicted octanol–water partition coefficient (Wildman–Crippen LogP) is 2.17. The van der Waals surface area contributed by atoms with Crippen LogP contribution in [0.5, 0.6) is 0 Å². The Morgan fingerprint density at radius 3 is 3.12 bits per heavy atom. The molecule has 1 saturated heterocycles. The van der Waals surface area contributed by atoms with Crippen molar-refractivity contribution in [3.8, 4) is 0 Å². The maximum atomic E-state index is 11.7. The molecule has 2 rings (SSSR count). The van der Waals surface area contributed by atoms with Gasteiger partial charge in [-0.2, -0.15) is 0 Å². The maximum absolute atomic E-state index is 11.7. The molecule has 1 unspecified atom stereocenters. The fraction of sp³-hybridized carbons (Fsp3) is 0.583. The van der Waals surface area contributed by atoms with E-state index in [1.807, 2.05) is 12.1 Å². The predicted molar refractivity (Wildman–Crippen MR) is 74.3 cm³/mol. The van der Waals surface area contributed by atoms with Gasteiger partial charge in [-0.3, -0.25) is 4.79 Å². The van der Waals surface area contributed by atoms with Crippen molar-refractivity contribution in [3.05, 3.63) is 20.8 Å². The van der Waals surface area contributed by atoms with Gasteiger partial charge in [-0.25, -0.2) is 0 Å². The van der Waals surface area contributed by atoms with E-state index >= 15 is 0 Å². The van der Waals surface area contributed by atoms with Crippen molar-refractivity contribution in [2.45, 2.75) is 19.3 Å². The minimum absolute atomic E-state index is 0.130. The largest absolute Gasteiger partial charge is 0.356 e. The summed E-state index contributed by atoms with van der Waals surface area (Å²) < 4.78 is 1.08. The molecule has 3 nitrogen and oxygen atoms in total. The third kappa shape index (κ3) is 4.41. The number of nitrogens with one attached hydrogen (secondary N) is 2. The molecule has 0 aromatic carbocycles. The Morgan fingerprint density at radius 1 is 1.59 bits per heavy atom. The van der Waals surface area contributed by atoms with Crippen molar-refractivity contribution in [3.63, 3.8) is 0 Å². The first-order valence-corrected chi connectivity index (χ1v) is 7.56. The molecule has 94 valence electrons. The third-order valence-corrected chi connectivity index (χ3v) is 4.62. The molecule has 1 fully saturated rings. The molecule has 0 bridgehead atoms. The van der Waals surface area contributed by atoms with E-state index in [9.17, 15) is 4.79 Å². The van der Waals surface area contributed by atoms with E-state index in [4.69, 9.17) is 0 Å². The number of halogens is 1. The second-order valence-corrected chi connectivity index (χ2v) is 6.93. The molecule has 0 spiro atoms. The van der Waals surface area contributed by atoms with Crippen molar-refractivity contribution in [2.24, 2.45) is 5.92 Å². The first kappa shape index (κ1) is 13.1. The lowest BCUT2D eigenvalue weighted by Crippen LogP contribution is -2.27. The van der Waals surface area contributed by atoms with Crippen LogP contribution in [0.3, 0.4) is 0 Å². The van der Waals surface area contributed by atoms with Crippen molar-refractivity contribution >= 4 is 33.2 Å². The number of hydrogen-bond donors (Lipinski definition) is 2. The molecule has 5 heteroatoms. The van der Waals surface area contributed by atoms with Crippen molar-refractivity contribution in [1.29, 1.82) is 0 Å². The number of amides is 1. The van der Waals surface area contributed by atoms with Crippen LogP contribution < -0.4 is 10.6 Å². The van der Waals surface area contributed by atoms with Crippen LogP contribution >= 0.6 is 27.3 Å². The van der Waals surface area contributed by atoms with E-state index < -0.39 is 0 Å². The van der Waals surface area contributed by atoms with E-state index in [0.29, 0.717) is 6.42 Å². The quantitative estimate of drug-likeness (QED) is 0.874. The van der Waals surface area contributed by atoms with Gasteiger partial charge in [-0.05, 0) is 59.9 Å². The van der Waals surface area contributed by atoms with Crippen LogP contribution in [0, 0.1) is 5.92 Å². The Kier molecular flexibility index (Phi) is 5.00. The normalized spacial score (nSPS) is 19.5. The molecule has 1 aromatic rings. The molecule has 1 atom stereocenters. The molecule has 17 heavy (non-hydrogen) atoms. The summed E-state index contributed by atoms with van der Waals surface area (Å²) in [7, 11) is 0. The van der Waals surface area contributed by atoms with Gasteiger partial charge in [0.25, 0.3) is 0 Å². The average Bonchev–Trinajstić information content (AvgIpc) is 2.90. The van der Waals surface area contributed by atoms with Crippen molar-refractivity contribution in [1.82, 2.24) is 10.6 Å². The number of carbonyl (C=O) groups is 1. The summed E-state index contributed by atoms with van der Waals surface area (Å²) in [5.41, 5.74) is 0. The summed E-state index contributed by atoms with van der Waals surface area (Å²) in [6.45, 7) is 3.04. The van der Waals surface area contributed by atoms with E-state index in [1.54, 1.807) is 11.3 Å².